The van der Waals surface area contributed by atoms with Gasteiger partial charge in [-0.1, -0.05) is 11.6 Å². The molecule has 0 aliphatic heterocycles. The Kier molecular flexibility index (Phi) is 4.05. The van der Waals surface area contributed by atoms with Gasteiger partial charge in [0.1, 0.15) is 6.54 Å². The van der Waals surface area contributed by atoms with Crippen LogP contribution in [0.1, 0.15) is 10.4 Å². The van der Waals surface area contributed by atoms with Gasteiger partial charge in [-0.05, 0) is 6.07 Å². The summed E-state index contributed by atoms with van der Waals surface area (Å²) in [5.41, 5.74) is 0.274. The normalized spacial score (nSPS) is 9.47. The van der Waals surface area contributed by atoms with Crippen LogP contribution in [0.4, 0.5) is 0 Å². The predicted octanol–water partition coefficient (Wildman–Crippen LogP) is 0.638. The van der Waals surface area contributed by atoms with Crippen LogP contribution in [0.3, 0.4) is 0 Å². The van der Waals surface area contributed by atoms with Crippen molar-refractivity contribution < 1.29 is 14.3 Å². The first-order valence-corrected chi connectivity index (χ1v) is 4.47. The maximum atomic E-state index is 11.5. The Morgan fingerprint density at radius 1 is 1.60 bits per heavy atom. The largest absolute Gasteiger partial charge is 0.468 e. The number of aromatic nitrogens is 1. The van der Waals surface area contributed by atoms with Crippen LogP contribution in [0.15, 0.2) is 18.5 Å². The van der Waals surface area contributed by atoms with Crippen LogP contribution < -0.4 is 5.32 Å². The summed E-state index contributed by atoms with van der Waals surface area (Å²) in [4.78, 5) is 25.9. The summed E-state index contributed by atoms with van der Waals surface area (Å²) in [6, 6.07) is 1.47. The maximum absolute atomic E-state index is 11.5. The van der Waals surface area contributed by atoms with Crippen LogP contribution in [0.5, 0.6) is 0 Å². The second-order valence-electron chi connectivity index (χ2n) is 2.61. The van der Waals surface area contributed by atoms with E-state index in [2.05, 4.69) is 15.0 Å². The molecule has 0 unspecified atom stereocenters. The lowest BCUT2D eigenvalue weighted by molar-refractivity contribution is -0.139. The van der Waals surface area contributed by atoms with Crippen molar-refractivity contribution in [1.82, 2.24) is 10.3 Å². The number of rotatable bonds is 3. The molecule has 80 valence electrons. The second-order valence-corrected chi connectivity index (χ2v) is 3.02. The summed E-state index contributed by atoms with van der Waals surface area (Å²) in [6.07, 6.45) is 2.80. The molecule has 1 N–H and O–H groups in total. The molecule has 1 heterocycles. The number of methoxy groups -OCH3 is 1. The van der Waals surface area contributed by atoms with Gasteiger partial charge in [0.15, 0.2) is 0 Å². The van der Waals surface area contributed by atoms with Crippen molar-refractivity contribution in [2.75, 3.05) is 13.7 Å². The Hall–Kier alpha value is -1.62. The number of nitrogens with one attached hydrogen (secondary N) is 1. The molecule has 5 nitrogen and oxygen atoms in total. The third-order valence-corrected chi connectivity index (χ3v) is 1.94. The van der Waals surface area contributed by atoms with Gasteiger partial charge in [-0.2, -0.15) is 0 Å². The second kappa shape index (κ2) is 5.31. The highest BCUT2D eigenvalue weighted by atomic mass is 35.5. The number of carbonyl (C=O) groups excluding carboxylic acids is 2. The number of carbonyl (C=O) groups is 2. The number of amides is 1. The van der Waals surface area contributed by atoms with Gasteiger partial charge >= 0.3 is 5.97 Å². The van der Waals surface area contributed by atoms with Crippen molar-refractivity contribution in [3.8, 4) is 0 Å². The Bertz CT molecular complexity index is 381. The summed E-state index contributed by atoms with van der Waals surface area (Å²) in [5.74, 6) is -0.957. The zero-order valence-electron chi connectivity index (χ0n) is 7.99. The molecule has 0 aliphatic rings. The van der Waals surface area contributed by atoms with Crippen LogP contribution in [0.2, 0.25) is 5.02 Å². The quantitative estimate of drug-likeness (QED) is 0.771. The van der Waals surface area contributed by atoms with E-state index in [0.29, 0.717) is 0 Å². The first-order valence-electron chi connectivity index (χ1n) is 4.09. The average Bonchev–Trinajstić information content (AvgIpc) is 2.26. The lowest BCUT2D eigenvalue weighted by atomic mass is 10.2. The molecular formula is C9H9ClN2O3. The van der Waals surface area contributed by atoms with Gasteiger partial charge in [-0.15, -0.1) is 0 Å². The molecule has 1 rings (SSSR count). The fraction of sp³-hybridized carbons (Fsp3) is 0.222. The molecule has 0 saturated heterocycles. The third kappa shape index (κ3) is 3.21. The minimum absolute atomic E-state index is 0.187. The fourth-order valence-electron chi connectivity index (χ4n) is 0.879. The van der Waals surface area contributed by atoms with Crippen LogP contribution >= 0.6 is 11.6 Å². The maximum Gasteiger partial charge on any atom is 0.325 e. The molecule has 1 aromatic rings. The van der Waals surface area contributed by atoms with Crippen LogP contribution in [0.25, 0.3) is 0 Å². The summed E-state index contributed by atoms with van der Waals surface area (Å²) < 4.78 is 4.37. The van der Waals surface area contributed by atoms with E-state index in [4.69, 9.17) is 11.6 Å². The number of hydrogen-bond acceptors (Lipinski definition) is 4. The van der Waals surface area contributed by atoms with Crippen molar-refractivity contribution in [2.24, 2.45) is 0 Å². The van der Waals surface area contributed by atoms with Crippen molar-refractivity contribution >= 4 is 23.5 Å². The molecule has 6 heteroatoms. The molecule has 0 spiro atoms. The predicted molar refractivity (Wildman–Crippen MR) is 53.6 cm³/mol. The summed E-state index contributed by atoms with van der Waals surface area (Å²) in [6.45, 7) is -0.187. The highest BCUT2D eigenvalue weighted by molar-refractivity contribution is 6.33. The van der Waals surface area contributed by atoms with Crippen molar-refractivity contribution in [3.05, 3.63) is 29.0 Å². The Morgan fingerprint density at radius 3 is 2.93 bits per heavy atom. The molecule has 0 bridgehead atoms. The van der Waals surface area contributed by atoms with Gasteiger partial charge in [0, 0.05) is 12.4 Å². The molecular weight excluding hydrogens is 220 g/mol. The fourth-order valence-corrected chi connectivity index (χ4v) is 1.08. The van der Waals surface area contributed by atoms with E-state index in [-0.39, 0.29) is 17.1 Å². The Balaban J connectivity index is 2.62. The summed E-state index contributed by atoms with van der Waals surface area (Å²) >= 11 is 5.73. The molecule has 1 aromatic heterocycles. The lowest BCUT2D eigenvalue weighted by Crippen LogP contribution is -2.30. The zero-order valence-corrected chi connectivity index (χ0v) is 8.75. The Morgan fingerprint density at radius 2 is 2.33 bits per heavy atom. The number of hydrogen-bond donors (Lipinski definition) is 1. The lowest BCUT2D eigenvalue weighted by Gasteiger charge is -2.04. The van der Waals surface area contributed by atoms with Crippen LogP contribution in [-0.2, 0) is 9.53 Å². The zero-order chi connectivity index (χ0) is 11.3. The van der Waals surface area contributed by atoms with E-state index in [0.717, 1.165) is 0 Å². The SMILES string of the molecule is COC(=O)CNC(=O)c1ccncc1Cl. The molecule has 0 radical (unpaired) electrons. The van der Waals surface area contributed by atoms with E-state index in [1.54, 1.807) is 0 Å². The smallest absolute Gasteiger partial charge is 0.325 e. The van der Waals surface area contributed by atoms with E-state index in [1.165, 1.54) is 25.6 Å². The van der Waals surface area contributed by atoms with Crippen molar-refractivity contribution in [1.29, 1.82) is 0 Å². The summed E-state index contributed by atoms with van der Waals surface area (Å²) in [7, 11) is 1.24. The van der Waals surface area contributed by atoms with Gasteiger partial charge in [-0.25, -0.2) is 0 Å². The minimum atomic E-state index is -0.520. The van der Waals surface area contributed by atoms with Gasteiger partial charge in [0.25, 0.3) is 5.91 Å². The average molecular weight is 229 g/mol. The Labute approximate surface area is 91.4 Å². The molecule has 1 amide bonds. The minimum Gasteiger partial charge on any atom is -0.468 e. The molecule has 0 atom stereocenters. The topological polar surface area (TPSA) is 68.3 Å². The number of ether oxygens (including phenoxy) is 1. The number of pyridine rings is 1. The molecule has 15 heavy (non-hydrogen) atoms. The molecule has 0 saturated carbocycles. The van der Waals surface area contributed by atoms with Gasteiger partial charge < -0.3 is 10.1 Å². The van der Waals surface area contributed by atoms with E-state index in [9.17, 15) is 9.59 Å². The van der Waals surface area contributed by atoms with Gasteiger partial charge in [-0.3, -0.25) is 14.6 Å². The molecule has 0 fully saturated rings. The van der Waals surface area contributed by atoms with Crippen LogP contribution in [0, 0.1) is 0 Å². The first kappa shape index (κ1) is 11.5. The highest BCUT2D eigenvalue weighted by Crippen LogP contribution is 2.12. The monoisotopic (exact) mass is 228 g/mol. The van der Waals surface area contributed by atoms with E-state index >= 15 is 0 Å². The number of nitrogens with zero attached hydrogens (tertiary/aromatic N) is 1. The van der Waals surface area contributed by atoms with E-state index < -0.39 is 11.9 Å². The van der Waals surface area contributed by atoms with Crippen molar-refractivity contribution in [2.45, 2.75) is 0 Å². The highest BCUT2D eigenvalue weighted by Gasteiger charge is 2.10. The van der Waals surface area contributed by atoms with Crippen molar-refractivity contribution in [3.63, 3.8) is 0 Å². The number of esters is 1. The number of halogens is 1. The third-order valence-electron chi connectivity index (χ3n) is 1.64. The van der Waals surface area contributed by atoms with Gasteiger partial charge in [0.05, 0.1) is 17.7 Å². The van der Waals surface area contributed by atoms with E-state index in [1.807, 2.05) is 0 Å². The molecule has 0 aromatic carbocycles. The molecule has 0 aliphatic carbocycles. The standard InChI is InChI=1S/C9H9ClN2O3/c1-15-8(13)5-12-9(14)6-2-3-11-4-7(6)10/h2-4H,5H2,1H3,(H,12,14). The first-order chi connectivity index (χ1) is 7.15. The van der Waals surface area contributed by atoms with Gasteiger partial charge in [0.2, 0.25) is 0 Å². The van der Waals surface area contributed by atoms with Crippen LogP contribution in [-0.4, -0.2) is 30.5 Å². The summed E-state index contributed by atoms with van der Waals surface area (Å²) in [5, 5.41) is 2.60.